The predicted octanol–water partition coefficient (Wildman–Crippen LogP) is 5.69. The third-order valence-corrected chi connectivity index (χ3v) is 6.06. The number of hydrogen-bond donors (Lipinski definition) is 1. The molecule has 0 bridgehead atoms. The van der Waals surface area contributed by atoms with Crippen LogP contribution in [0.2, 0.25) is 0 Å². The minimum absolute atomic E-state index is 0.118. The number of hydrogen-bond acceptors (Lipinski definition) is 3. The molecule has 1 heterocycles. The molecule has 1 atom stereocenters. The summed E-state index contributed by atoms with van der Waals surface area (Å²) in [5.41, 5.74) is 4.56. The Morgan fingerprint density at radius 3 is 2.25 bits per heavy atom. The highest BCUT2D eigenvalue weighted by atomic mass is 19.1. The maximum absolute atomic E-state index is 15.0. The molecule has 1 N–H and O–H groups in total. The summed E-state index contributed by atoms with van der Waals surface area (Å²) < 4.78 is 15.0. The number of benzene rings is 3. The normalized spacial score (nSPS) is 17.8. The number of Topliss-reactive ketones (excluding diaryl/α,β-unsaturated/α-hetero) is 1. The molecule has 3 aromatic carbocycles. The second-order valence-electron chi connectivity index (χ2n) is 8.28. The number of nitrogens with zero attached hydrogens (tertiary/aromatic N) is 1. The van der Waals surface area contributed by atoms with E-state index in [4.69, 9.17) is 0 Å². The minimum atomic E-state index is -1.08. The Kier molecular flexibility index (Phi) is 5.43. The summed E-state index contributed by atoms with van der Waals surface area (Å²) in [6, 6.07) is 15.8. The van der Waals surface area contributed by atoms with Gasteiger partial charge in [-0.1, -0.05) is 42.0 Å². The largest absolute Gasteiger partial charge is 0.507 e. The van der Waals surface area contributed by atoms with Crippen LogP contribution < -0.4 is 4.90 Å². The number of amides is 1. The van der Waals surface area contributed by atoms with E-state index in [0.717, 1.165) is 22.3 Å². The van der Waals surface area contributed by atoms with Gasteiger partial charge in [0, 0.05) is 16.8 Å². The highest BCUT2D eigenvalue weighted by molar-refractivity contribution is 6.51. The van der Waals surface area contributed by atoms with Crippen molar-refractivity contribution >= 4 is 23.1 Å². The maximum atomic E-state index is 15.0. The molecule has 32 heavy (non-hydrogen) atoms. The summed E-state index contributed by atoms with van der Waals surface area (Å²) in [6.07, 6.45) is 0. The lowest BCUT2D eigenvalue weighted by atomic mass is 9.93. The first-order chi connectivity index (χ1) is 15.2. The summed E-state index contributed by atoms with van der Waals surface area (Å²) >= 11 is 0. The van der Waals surface area contributed by atoms with Gasteiger partial charge in [-0.3, -0.25) is 14.5 Å². The first-order valence-electron chi connectivity index (χ1n) is 10.4. The second kappa shape index (κ2) is 8.08. The molecule has 4 rings (SSSR count). The van der Waals surface area contributed by atoms with Crippen LogP contribution in [-0.2, 0) is 9.59 Å². The number of carbonyl (C=O) groups is 2. The molecule has 1 amide bonds. The van der Waals surface area contributed by atoms with Crippen molar-refractivity contribution < 1.29 is 19.1 Å². The lowest BCUT2D eigenvalue weighted by molar-refractivity contribution is -0.132. The summed E-state index contributed by atoms with van der Waals surface area (Å²) in [7, 11) is 0. The number of aliphatic hydroxyl groups excluding tert-OH is 1. The molecule has 3 aromatic rings. The van der Waals surface area contributed by atoms with Crippen molar-refractivity contribution in [3.63, 3.8) is 0 Å². The van der Waals surface area contributed by atoms with E-state index < -0.39 is 23.5 Å². The van der Waals surface area contributed by atoms with Crippen LogP contribution >= 0.6 is 0 Å². The van der Waals surface area contributed by atoms with E-state index >= 15 is 0 Å². The number of halogens is 1. The zero-order valence-electron chi connectivity index (χ0n) is 18.4. The van der Waals surface area contributed by atoms with Gasteiger partial charge < -0.3 is 5.11 Å². The van der Waals surface area contributed by atoms with E-state index in [0.29, 0.717) is 11.3 Å². The Bertz CT molecular complexity index is 1290. The van der Waals surface area contributed by atoms with Gasteiger partial charge in [0.05, 0.1) is 11.6 Å². The molecule has 0 saturated carbocycles. The highest BCUT2D eigenvalue weighted by Gasteiger charge is 2.48. The van der Waals surface area contributed by atoms with Crippen LogP contribution in [0.15, 0.2) is 66.2 Å². The van der Waals surface area contributed by atoms with Gasteiger partial charge >= 0.3 is 0 Å². The molecule has 1 aliphatic heterocycles. The van der Waals surface area contributed by atoms with Gasteiger partial charge in [-0.25, -0.2) is 4.39 Å². The Morgan fingerprint density at radius 1 is 0.875 bits per heavy atom. The van der Waals surface area contributed by atoms with Crippen LogP contribution in [-0.4, -0.2) is 16.8 Å². The molecule has 0 radical (unpaired) electrons. The van der Waals surface area contributed by atoms with Crippen molar-refractivity contribution in [2.24, 2.45) is 0 Å². The molecule has 162 valence electrons. The lowest BCUT2D eigenvalue weighted by Crippen LogP contribution is -2.30. The number of anilines is 1. The van der Waals surface area contributed by atoms with Crippen molar-refractivity contribution in [3.8, 4) is 0 Å². The number of ketones is 1. The average Bonchev–Trinajstić information content (AvgIpc) is 3.02. The molecule has 1 fully saturated rings. The number of carbonyl (C=O) groups excluding carboxylic acids is 2. The van der Waals surface area contributed by atoms with Crippen LogP contribution in [0.3, 0.4) is 0 Å². The Labute approximate surface area is 186 Å². The zero-order valence-corrected chi connectivity index (χ0v) is 18.4. The highest BCUT2D eigenvalue weighted by Crippen LogP contribution is 2.43. The lowest BCUT2D eigenvalue weighted by Gasteiger charge is -2.26. The van der Waals surface area contributed by atoms with Gasteiger partial charge in [-0.05, 0) is 68.7 Å². The molecule has 0 aliphatic carbocycles. The smallest absolute Gasteiger partial charge is 0.300 e. The standard InChI is InChI=1S/C27H24FNO3/c1-15-9-10-17(3)21(13-15)25(30)23-24(20-7-5-6-8-22(20)28)29(27(32)26(23)31)19-12-11-16(2)18(4)14-19/h5-14,24,30H,1-4H3/b25-23+. The Balaban J connectivity index is 2.01. The van der Waals surface area contributed by atoms with E-state index in [1.54, 1.807) is 30.3 Å². The first-order valence-corrected chi connectivity index (χ1v) is 10.4. The number of aryl methyl sites for hydroxylation is 4. The van der Waals surface area contributed by atoms with Crippen molar-refractivity contribution in [1.29, 1.82) is 0 Å². The third-order valence-electron chi connectivity index (χ3n) is 6.06. The number of aliphatic hydroxyl groups is 1. The Morgan fingerprint density at radius 2 is 1.56 bits per heavy atom. The van der Waals surface area contributed by atoms with Crippen LogP contribution in [0.5, 0.6) is 0 Å². The quantitative estimate of drug-likeness (QED) is 0.331. The van der Waals surface area contributed by atoms with Gasteiger partial charge in [0.1, 0.15) is 11.6 Å². The predicted molar refractivity (Wildman–Crippen MR) is 123 cm³/mol. The van der Waals surface area contributed by atoms with Gasteiger partial charge in [0.15, 0.2) is 0 Å². The van der Waals surface area contributed by atoms with E-state index in [1.807, 2.05) is 45.9 Å². The van der Waals surface area contributed by atoms with Gasteiger partial charge in [0.25, 0.3) is 11.7 Å². The van der Waals surface area contributed by atoms with E-state index in [-0.39, 0.29) is 16.9 Å². The van der Waals surface area contributed by atoms with E-state index in [2.05, 4.69) is 0 Å². The molecule has 5 heteroatoms. The topological polar surface area (TPSA) is 57.6 Å². The van der Waals surface area contributed by atoms with Crippen molar-refractivity contribution in [3.05, 3.63) is 105 Å². The van der Waals surface area contributed by atoms with Crippen molar-refractivity contribution in [2.45, 2.75) is 33.7 Å². The van der Waals surface area contributed by atoms with Crippen molar-refractivity contribution in [2.75, 3.05) is 4.90 Å². The maximum Gasteiger partial charge on any atom is 0.300 e. The second-order valence-corrected chi connectivity index (χ2v) is 8.28. The van der Waals surface area contributed by atoms with Crippen LogP contribution in [0.25, 0.3) is 5.76 Å². The molecular weight excluding hydrogens is 405 g/mol. The molecule has 4 nitrogen and oxygen atoms in total. The fourth-order valence-corrected chi connectivity index (χ4v) is 4.10. The summed E-state index contributed by atoms with van der Waals surface area (Å²) in [5, 5.41) is 11.3. The number of rotatable bonds is 3. The first kappa shape index (κ1) is 21.5. The summed E-state index contributed by atoms with van der Waals surface area (Å²) in [5.74, 6) is -2.49. The molecule has 0 spiro atoms. The Hall–Kier alpha value is -3.73. The fourth-order valence-electron chi connectivity index (χ4n) is 4.10. The van der Waals surface area contributed by atoms with Gasteiger partial charge in [-0.15, -0.1) is 0 Å². The van der Waals surface area contributed by atoms with Crippen LogP contribution in [0.4, 0.5) is 10.1 Å². The molecule has 1 saturated heterocycles. The SMILES string of the molecule is Cc1ccc(C)c(/C(O)=C2\C(=O)C(=O)N(c3ccc(C)c(C)c3)C2c2ccccc2F)c1. The molecule has 1 aliphatic rings. The van der Waals surface area contributed by atoms with Crippen molar-refractivity contribution in [1.82, 2.24) is 0 Å². The average molecular weight is 429 g/mol. The molecular formula is C27H24FNO3. The fraction of sp³-hybridized carbons (Fsp3) is 0.185. The van der Waals surface area contributed by atoms with Gasteiger partial charge in [0.2, 0.25) is 0 Å². The van der Waals surface area contributed by atoms with Crippen LogP contribution in [0, 0.1) is 33.5 Å². The van der Waals surface area contributed by atoms with Gasteiger partial charge in [-0.2, -0.15) is 0 Å². The summed E-state index contributed by atoms with van der Waals surface area (Å²) in [6.45, 7) is 7.54. The van der Waals surface area contributed by atoms with E-state index in [9.17, 15) is 19.1 Å². The third kappa shape index (κ3) is 3.50. The zero-order chi connectivity index (χ0) is 23.2. The summed E-state index contributed by atoms with van der Waals surface area (Å²) in [4.78, 5) is 27.7. The monoisotopic (exact) mass is 429 g/mol. The van der Waals surface area contributed by atoms with Crippen LogP contribution in [0.1, 0.15) is 39.4 Å². The molecule has 1 unspecified atom stereocenters. The molecule has 0 aromatic heterocycles. The van der Waals surface area contributed by atoms with E-state index in [1.165, 1.54) is 17.0 Å². The minimum Gasteiger partial charge on any atom is -0.507 e.